The maximum absolute atomic E-state index is 12.1. The average Bonchev–Trinajstić information content (AvgIpc) is 2.63. The average molecular weight is 331 g/mol. The molecule has 0 radical (unpaired) electrons. The van der Waals surface area contributed by atoms with E-state index in [0.717, 1.165) is 11.3 Å². The third kappa shape index (κ3) is 4.75. The zero-order valence-electron chi connectivity index (χ0n) is 13.5. The van der Waals surface area contributed by atoms with E-state index in [1.165, 1.54) is 10.6 Å². The summed E-state index contributed by atoms with van der Waals surface area (Å²) in [5.41, 5.74) is 2.28. The molecular weight excluding hydrogens is 314 g/mol. The lowest BCUT2D eigenvalue weighted by atomic mass is 10.1. The van der Waals surface area contributed by atoms with Crippen molar-refractivity contribution in [1.82, 2.24) is 9.55 Å². The molecule has 2 heterocycles. The standard InChI is InChI=1S/C20H17N3O2/c24-19(15-23-13-4-2-9-20(23)25)22-18-8-5-6-16(14-18)10-11-17-7-1-3-12-21-17/h1-14H,15H2,(H,22,24). The van der Waals surface area contributed by atoms with E-state index in [4.69, 9.17) is 0 Å². The third-order valence-electron chi connectivity index (χ3n) is 3.52. The van der Waals surface area contributed by atoms with E-state index in [2.05, 4.69) is 10.3 Å². The van der Waals surface area contributed by atoms with Crippen LogP contribution in [0.4, 0.5) is 5.69 Å². The highest BCUT2D eigenvalue weighted by atomic mass is 16.2. The molecule has 5 nitrogen and oxygen atoms in total. The minimum atomic E-state index is -0.251. The third-order valence-corrected chi connectivity index (χ3v) is 3.52. The molecule has 0 saturated carbocycles. The second-order valence-corrected chi connectivity index (χ2v) is 5.43. The van der Waals surface area contributed by atoms with Crippen LogP contribution in [-0.2, 0) is 11.3 Å². The molecule has 0 aliphatic rings. The summed E-state index contributed by atoms with van der Waals surface area (Å²) in [4.78, 5) is 28.0. The molecule has 0 atom stereocenters. The lowest BCUT2D eigenvalue weighted by molar-refractivity contribution is -0.116. The minimum Gasteiger partial charge on any atom is -0.325 e. The van der Waals surface area contributed by atoms with Crippen molar-refractivity contribution in [3.8, 4) is 0 Å². The molecule has 3 rings (SSSR count). The number of carbonyl (C=O) groups excluding carboxylic acids is 1. The fraction of sp³-hybridized carbons (Fsp3) is 0.0500. The molecule has 5 heteroatoms. The highest BCUT2D eigenvalue weighted by Gasteiger charge is 2.04. The van der Waals surface area contributed by atoms with Gasteiger partial charge in [0.05, 0.1) is 5.69 Å². The van der Waals surface area contributed by atoms with Gasteiger partial charge in [-0.1, -0.05) is 30.3 Å². The molecule has 0 fully saturated rings. The van der Waals surface area contributed by atoms with Crippen molar-refractivity contribution in [3.05, 3.63) is 94.7 Å². The van der Waals surface area contributed by atoms with Crippen LogP contribution in [0.2, 0.25) is 0 Å². The number of anilines is 1. The van der Waals surface area contributed by atoms with Crippen molar-refractivity contribution in [2.45, 2.75) is 6.54 Å². The van der Waals surface area contributed by atoms with Crippen LogP contribution in [0.5, 0.6) is 0 Å². The summed E-state index contributed by atoms with van der Waals surface area (Å²) in [7, 11) is 0. The Kier molecular flexibility index (Phi) is 5.16. The van der Waals surface area contributed by atoms with Gasteiger partial charge in [-0.3, -0.25) is 14.6 Å². The largest absolute Gasteiger partial charge is 0.325 e. The Morgan fingerprint density at radius 2 is 1.92 bits per heavy atom. The molecule has 1 N–H and O–H groups in total. The fourth-order valence-electron chi connectivity index (χ4n) is 2.32. The summed E-state index contributed by atoms with van der Waals surface area (Å²) in [5, 5.41) is 2.81. The van der Waals surface area contributed by atoms with Crippen LogP contribution < -0.4 is 10.9 Å². The Balaban J connectivity index is 1.67. The van der Waals surface area contributed by atoms with Gasteiger partial charge in [-0.05, 0) is 42.0 Å². The Morgan fingerprint density at radius 3 is 2.72 bits per heavy atom. The highest BCUT2D eigenvalue weighted by molar-refractivity contribution is 5.91. The van der Waals surface area contributed by atoms with Gasteiger partial charge in [-0.2, -0.15) is 0 Å². The van der Waals surface area contributed by atoms with Crippen molar-refractivity contribution >= 4 is 23.7 Å². The van der Waals surface area contributed by atoms with Crippen molar-refractivity contribution in [2.75, 3.05) is 5.32 Å². The lowest BCUT2D eigenvalue weighted by Crippen LogP contribution is -2.26. The highest BCUT2D eigenvalue weighted by Crippen LogP contribution is 2.13. The summed E-state index contributed by atoms with van der Waals surface area (Å²) >= 11 is 0. The van der Waals surface area contributed by atoms with Crippen LogP contribution in [-0.4, -0.2) is 15.5 Å². The van der Waals surface area contributed by atoms with E-state index >= 15 is 0 Å². The van der Waals surface area contributed by atoms with Crippen LogP contribution in [0.1, 0.15) is 11.3 Å². The monoisotopic (exact) mass is 331 g/mol. The predicted molar refractivity (Wildman–Crippen MR) is 98.9 cm³/mol. The summed E-state index contributed by atoms with van der Waals surface area (Å²) in [6.07, 6.45) is 7.17. The van der Waals surface area contributed by atoms with Crippen molar-refractivity contribution in [2.24, 2.45) is 0 Å². The van der Waals surface area contributed by atoms with Crippen LogP contribution in [0.15, 0.2) is 77.9 Å². The van der Waals surface area contributed by atoms with Gasteiger partial charge < -0.3 is 9.88 Å². The Bertz CT molecular complexity index is 946. The van der Waals surface area contributed by atoms with Gasteiger partial charge in [0.1, 0.15) is 6.54 Å². The topological polar surface area (TPSA) is 64.0 Å². The number of rotatable bonds is 5. The molecule has 0 aliphatic heterocycles. The molecule has 1 amide bonds. The van der Waals surface area contributed by atoms with Crippen LogP contribution in [0.3, 0.4) is 0 Å². The number of pyridine rings is 2. The van der Waals surface area contributed by atoms with Crippen LogP contribution >= 0.6 is 0 Å². The molecule has 0 aliphatic carbocycles. The Morgan fingerprint density at radius 1 is 1.04 bits per heavy atom. The van der Waals surface area contributed by atoms with Crippen molar-refractivity contribution in [3.63, 3.8) is 0 Å². The SMILES string of the molecule is O=C(Cn1ccccc1=O)Nc1cccc(C=Cc2ccccn2)c1. The van der Waals surface area contributed by atoms with Crippen LogP contribution in [0, 0.1) is 0 Å². The zero-order valence-corrected chi connectivity index (χ0v) is 13.5. The van der Waals surface area contributed by atoms with E-state index in [-0.39, 0.29) is 18.0 Å². The van der Waals surface area contributed by atoms with E-state index in [9.17, 15) is 9.59 Å². The molecule has 0 bridgehead atoms. The Labute approximate surface area is 145 Å². The minimum absolute atomic E-state index is 0.0202. The van der Waals surface area contributed by atoms with Gasteiger partial charge in [0, 0.05) is 24.1 Å². The first-order valence-electron chi connectivity index (χ1n) is 7.85. The lowest BCUT2D eigenvalue weighted by Gasteiger charge is -2.07. The smallest absolute Gasteiger partial charge is 0.250 e. The summed E-state index contributed by atoms with van der Waals surface area (Å²) in [5.74, 6) is -0.251. The number of benzene rings is 1. The summed E-state index contributed by atoms with van der Waals surface area (Å²) in [6.45, 7) is -0.0202. The second-order valence-electron chi connectivity index (χ2n) is 5.43. The first kappa shape index (κ1) is 16.4. The number of nitrogens with one attached hydrogen (secondary N) is 1. The molecule has 0 saturated heterocycles. The van der Waals surface area contributed by atoms with Gasteiger partial charge in [-0.15, -0.1) is 0 Å². The molecule has 124 valence electrons. The maximum atomic E-state index is 12.1. The molecule has 2 aromatic heterocycles. The van der Waals surface area contributed by atoms with Gasteiger partial charge in [0.2, 0.25) is 5.91 Å². The quantitative estimate of drug-likeness (QED) is 0.781. The molecule has 0 spiro atoms. The predicted octanol–water partition coefficient (Wildman–Crippen LogP) is 3.05. The summed E-state index contributed by atoms with van der Waals surface area (Å²) < 4.78 is 1.36. The number of aromatic nitrogens is 2. The summed E-state index contributed by atoms with van der Waals surface area (Å²) in [6, 6.07) is 18.0. The fourth-order valence-corrected chi connectivity index (χ4v) is 2.32. The first-order chi connectivity index (χ1) is 12.2. The molecule has 25 heavy (non-hydrogen) atoms. The van der Waals surface area contributed by atoms with Gasteiger partial charge in [0.15, 0.2) is 0 Å². The zero-order chi connectivity index (χ0) is 17.5. The number of hydrogen-bond acceptors (Lipinski definition) is 3. The molecule has 3 aromatic rings. The first-order valence-corrected chi connectivity index (χ1v) is 7.85. The van der Waals surface area contributed by atoms with Gasteiger partial charge in [-0.25, -0.2) is 0 Å². The second kappa shape index (κ2) is 7.88. The maximum Gasteiger partial charge on any atom is 0.250 e. The van der Waals surface area contributed by atoms with Crippen LogP contribution in [0.25, 0.3) is 12.2 Å². The van der Waals surface area contributed by atoms with Gasteiger partial charge >= 0.3 is 0 Å². The number of amides is 1. The number of hydrogen-bond donors (Lipinski definition) is 1. The molecular formula is C20H17N3O2. The number of nitrogens with zero attached hydrogens (tertiary/aromatic N) is 2. The normalized spacial score (nSPS) is 10.7. The molecule has 1 aromatic carbocycles. The molecule has 0 unspecified atom stereocenters. The number of carbonyl (C=O) groups is 1. The van der Waals surface area contributed by atoms with Crippen molar-refractivity contribution < 1.29 is 4.79 Å². The van der Waals surface area contributed by atoms with E-state index in [1.807, 2.05) is 54.6 Å². The van der Waals surface area contributed by atoms with E-state index < -0.39 is 0 Å². The van der Waals surface area contributed by atoms with Gasteiger partial charge in [0.25, 0.3) is 5.56 Å². The van der Waals surface area contributed by atoms with E-state index in [1.54, 1.807) is 24.5 Å². The van der Waals surface area contributed by atoms with E-state index in [0.29, 0.717) is 5.69 Å². The van der Waals surface area contributed by atoms with Crippen molar-refractivity contribution in [1.29, 1.82) is 0 Å². The Hall–Kier alpha value is -3.47.